The SMILES string of the molecule is Cc1cc(OCCCOc2cc(C)oc(=O)c2)cc(=O)o1. The second-order valence-electron chi connectivity index (χ2n) is 4.50. The van der Waals surface area contributed by atoms with Crippen molar-refractivity contribution in [3.8, 4) is 11.5 Å². The second kappa shape index (κ2) is 6.78. The molecule has 0 saturated heterocycles. The largest absolute Gasteiger partial charge is 0.493 e. The summed E-state index contributed by atoms with van der Waals surface area (Å²) in [4.78, 5) is 22.3. The van der Waals surface area contributed by atoms with E-state index in [0.717, 1.165) is 0 Å². The van der Waals surface area contributed by atoms with Crippen molar-refractivity contribution in [3.63, 3.8) is 0 Å². The highest BCUT2D eigenvalue weighted by molar-refractivity contribution is 5.20. The van der Waals surface area contributed by atoms with E-state index in [1.54, 1.807) is 26.0 Å². The highest BCUT2D eigenvalue weighted by Crippen LogP contribution is 2.11. The number of ether oxygens (including phenoxy) is 2. The van der Waals surface area contributed by atoms with E-state index in [-0.39, 0.29) is 0 Å². The molecule has 0 aliphatic carbocycles. The van der Waals surface area contributed by atoms with E-state index in [0.29, 0.717) is 42.7 Å². The molecule has 6 nitrogen and oxygen atoms in total. The molecule has 0 aliphatic heterocycles. The van der Waals surface area contributed by atoms with Gasteiger partial charge in [-0.25, -0.2) is 9.59 Å². The van der Waals surface area contributed by atoms with Crippen molar-refractivity contribution in [2.75, 3.05) is 13.2 Å². The van der Waals surface area contributed by atoms with Gasteiger partial charge in [0.1, 0.15) is 23.0 Å². The van der Waals surface area contributed by atoms with Crippen molar-refractivity contribution >= 4 is 0 Å². The highest BCUT2D eigenvalue weighted by atomic mass is 16.5. The zero-order valence-corrected chi connectivity index (χ0v) is 11.9. The van der Waals surface area contributed by atoms with Gasteiger partial charge < -0.3 is 18.3 Å². The molecule has 0 saturated carbocycles. The monoisotopic (exact) mass is 292 g/mol. The third-order valence-electron chi connectivity index (χ3n) is 2.56. The van der Waals surface area contributed by atoms with Crippen LogP contribution in [0.2, 0.25) is 0 Å². The topological polar surface area (TPSA) is 78.9 Å². The third-order valence-corrected chi connectivity index (χ3v) is 2.56. The maximum absolute atomic E-state index is 11.1. The standard InChI is InChI=1S/C15H16O6/c1-10-6-12(8-14(16)20-10)18-4-3-5-19-13-7-11(2)21-15(17)9-13/h6-9H,3-5H2,1-2H3. The zero-order valence-electron chi connectivity index (χ0n) is 11.9. The van der Waals surface area contributed by atoms with Crippen LogP contribution in [0.15, 0.2) is 42.7 Å². The van der Waals surface area contributed by atoms with Crippen molar-refractivity contribution in [3.05, 3.63) is 56.6 Å². The Morgan fingerprint density at radius 2 is 1.24 bits per heavy atom. The lowest BCUT2D eigenvalue weighted by Crippen LogP contribution is -2.08. The summed E-state index contributed by atoms with van der Waals surface area (Å²) < 4.78 is 20.5. The minimum atomic E-state index is -0.437. The Morgan fingerprint density at radius 3 is 1.62 bits per heavy atom. The predicted octanol–water partition coefficient (Wildman–Crippen LogP) is 2.06. The maximum Gasteiger partial charge on any atom is 0.339 e. The molecule has 2 heterocycles. The molecule has 0 atom stereocenters. The predicted molar refractivity (Wildman–Crippen MR) is 75.0 cm³/mol. The van der Waals surface area contributed by atoms with Crippen LogP contribution in [0.25, 0.3) is 0 Å². The average Bonchev–Trinajstić information content (AvgIpc) is 2.36. The molecular weight excluding hydrogens is 276 g/mol. The van der Waals surface area contributed by atoms with Gasteiger partial charge in [0.05, 0.1) is 25.3 Å². The van der Waals surface area contributed by atoms with Crippen molar-refractivity contribution < 1.29 is 18.3 Å². The van der Waals surface area contributed by atoms with E-state index >= 15 is 0 Å². The zero-order chi connectivity index (χ0) is 15.2. The second-order valence-corrected chi connectivity index (χ2v) is 4.50. The summed E-state index contributed by atoms with van der Waals surface area (Å²) >= 11 is 0. The summed E-state index contributed by atoms with van der Waals surface area (Å²) in [7, 11) is 0. The molecule has 21 heavy (non-hydrogen) atoms. The molecule has 0 amide bonds. The summed E-state index contributed by atoms with van der Waals surface area (Å²) in [5, 5.41) is 0. The Hall–Kier alpha value is -2.50. The Morgan fingerprint density at radius 1 is 0.810 bits per heavy atom. The maximum atomic E-state index is 11.1. The van der Waals surface area contributed by atoms with Gasteiger partial charge in [-0.3, -0.25) is 0 Å². The summed E-state index contributed by atoms with van der Waals surface area (Å²) in [6.07, 6.45) is 0.610. The van der Waals surface area contributed by atoms with Gasteiger partial charge in [-0.2, -0.15) is 0 Å². The molecule has 0 bridgehead atoms. The number of hydrogen-bond acceptors (Lipinski definition) is 6. The van der Waals surface area contributed by atoms with E-state index in [1.807, 2.05) is 0 Å². The lowest BCUT2D eigenvalue weighted by molar-refractivity contribution is 0.244. The van der Waals surface area contributed by atoms with Crippen LogP contribution in [0.5, 0.6) is 11.5 Å². The first kappa shape index (κ1) is 14.9. The van der Waals surface area contributed by atoms with Gasteiger partial charge in [0, 0.05) is 18.6 Å². The van der Waals surface area contributed by atoms with Crippen molar-refractivity contribution in [2.24, 2.45) is 0 Å². The number of aryl methyl sites for hydroxylation is 2. The fourth-order valence-corrected chi connectivity index (χ4v) is 1.76. The van der Waals surface area contributed by atoms with E-state index in [2.05, 4.69) is 0 Å². The molecular formula is C15H16O6. The smallest absolute Gasteiger partial charge is 0.339 e. The lowest BCUT2D eigenvalue weighted by Gasteiger charge is -2.08. The molecule has 0 N–H and O–H groups in total. The average molecular weight is 292 g/mol. The Bertz CT molecular complexity index is 651. The molecule has 6 heteroatoms. The number of rotatable bonds is 6. The van der Waals surface area contributed by atoms with Crippen LogP contribution >= 0.6 is 0 Å². The van der Waals surface area contributed by atoms with E-state index in [1.165, 1.54) is 12.1 Å². The lowest BCUT2D eigenvalue weighted by atomic mass is 10.4. The van der Waals surface area contributed by atoms with E-state index in [9.17, 15) is 9.59 Å². The van der Waals surface area contributed by atoms with Crippen molar-refractivity contribution in [1.82, 2.24) is 0 Å². The van der Waals surface area contributed by atoms with Gasteiger partial charge in [-0.1, -0.05) is 0 Å². The van der Waals surface area contributed by atoms with Crippen LogP contribution in [0, 0.1) is 13.8 Å². The van der Waals surface area contributed by atoms with Crippen LogP contribution in [-0.4, -0.2) is 13.2 Å². The summed E-state index contributed by atoms with van der Waals surface area (Å²) in [6, 6.07) is 5.88. The fraction of sp³-hybridized carbons (Fsp3) is 0.333. The Kier molecular flexibility index (Phi) is 4.81. The first-order chi connectivity index (χ1) is 10.0. The van der Waals surface area contributed by atoms with Crippen LogP contribution < -0.4 is 20.7 Å². The molecule has 2 rings (SSSR count). The molecule has 0 unspecified atom stereocenters. The normalized spacial score (nSPS) is 10.4. The minimum Gasteiger partial charge on any atom is -0.493 e. The fourth-order valence-electron chi connectivity index (χ4n) is 1.76. The summed E-state index contributed by atoms with van der Waals surface area (Å²) in [5.74, 6) is 1.94. The van der Waals surface area contributed by atoms with Crippen LogP contribution in [0.4, 0.5) is 0 Å². The third kappa shape index (κ3) is 4.83. The van der Waals surface area contributed by atoms with Crippen LogP contribution in [0.3, 0.4) is 0 Å². The number of hydrogen-bond donors (Lipinski definition) is 0. The van der Waals surface area contributed by atoms with E-state index < -0.39 is 11.3 Å². The molecule has 2 aromatic heterocycles. The molecule has 0 spiro atoms. The first-order valence-corrected chi connectivity index (χ1v) is 6.52. The van der Waals surface area contributed by atoms with Crippen LogP contribution in [0.1, 0.15) is 17.9 Å². The van der Waals surface area contributed by atoms with Crippen molar-refractivity contribution in [2.45, 2.75) is 20.3 Å². The van der Waals surface area contributed by atoms with Crippen LogP contribution in [-0.2, 0) is 0 Å². The summed E-state index contributed by atoms with van der Waals surface area (Å²) in [6.45, 7) is 4.15. The Labute approximate surface area is 120 Å². The van der Waals surface area contributed by atoms with Gasteiger partial charge in [-0.05, 0) is 13.8 Å². The van der Waals surface area contributed by atoms with Crippen molar-refractivity contribution in [1.29, 1.82) is 0 Å². The minimum absolute atomic E-state index is 0.392. The van der Waals surface area contributed by atoms with Gasteiger partial charge in [0.2, 0.25) is 0 Å². The molecule has 0 aromatic carbocycles. The molecule has 0 radical (unpaired) electrons. The Balaban J connectivity index is 1.77. The first-order valence-electron chi connectivity index (χ1n) is 6.52. The van der Waals surface area contributed by atoms with E-state index in [4.69, 9.17) is 18.3 Å². The molecule has 112 valence electrons. The van der Waals surface area contributed by atoms with Gasteiger partial charge in [0.15, 0.2) is 0 Å². The molecule has 0 aliphatic rings. The molecule has 2 aromatic rings. The van der Waals surface area contributed by atoms with Gasteiger partial charge in [0.25, 0.3) is 0 Å². The molecule has 0 fully saturated rings. The summed E-state index contributed by atoms with van der Waals surface area (Å²) in [5.41, 5.74) is -0.875. The quantitative estimate of drug-likeness (QED) is 0.758. The highest BCUT2D eigenvalue weighted by Gasteiger charge is 2.01. The van der Waals surface area contributed by atoms with Gasteiger partial charge in [-0.15, -0.1) is 0 Å². The van der Waals surface area contributed by atoms with Gasteiger partial charge >= 0.3 is 11.3 Å².